The van der Waals surface area contributed by atoms with Gasteiger partial charge in [0.2, 0.25) is 0 Å². The molecule has 0 heterocycles. The minimum absolute atomic E-state index is 0.110. The first-order chi connectivity index (χ1) is 13.0. The molecule has 0 amide bonds. The standard InChI is InChI=1S/C23H31NO3/c1-4-21(25)27-23(5-2)13-11-20-19-8-6-15-14-16(24-26)7-9-17(15)18(19)10-12-22(20,23)3/h2,14,17-20,26H,4,6-13H2,1,3H3/t17-,18+,19+,20-,22-,23-/m0/s1. The molecule has 4 aliphatic carbocycles. The predicted octanol–water partition coefficient (Wildman–Crippen LogP) is 4.71. The summed E-state index contributed by atoms with van der Waals surface area (Å²) in [6.45, 7) is 4.12. The highest BCUT2D eigenvalue weighted by molar-refractivity contribution is 5.96. The van der Waals surface area contributed by atoms with Crippen LogP contribution in [0.2, 0.25) is 0 Å². The van der Waals surface area contributed by atoms with Gasteiger partial charge in [0.15, 0.2) is 5.60 Å². The Labute approximate surface area is 162 Å². The van der Waals surface area contributed by atoms with Crippen LogP contribution >= 0.6 is 0 Å². The topological polar surface area (TPSA) is 58.9 Å². The molecule has 0 saturated heterocycles. The van der Waals surface area contributed by atoms with Crippen LogP contribution in [0.3, 0.4) is 0 Å². The quantitative estimate of drug-likeness (QED) is 0.332. The smallest absolute Gasteiger partial charge is 0.307 e. The highest BCUT2D eigenvalue weighted by atomic mass is 16.6. The summed E-state index contributed by atoms with van der Waals surface area (Å²) in [5.41, 5.74) is 1.48. The summed E-state index contributed by atoms with van der Waals surface area (Å²) in [7, 11) is 0. The second kappa shape index (κ2) is 6.69. The molecular weight excluding hydrogens is 338 g/mol. The molecule has 0 aromatic carbocycles. The van der Waals surface area contributed by atoms with Gasteiger partial charge >= 0.3 is 5.97 Å². The Morgan fingerprint density at radius 3 is 2.81 bits per heavy atom. The van der Waals surface area contributed by atoms with E-state index in [1.165, 1.54) is 12.0 Å². The molecule has 0 aromatic heterocycles. The average molecular weight is 370 g/mol. The third-order valence-electron chi connectivity index (χ3n) is 8.37. The average Bonchev–Trinajstić information content (AvgIpc) is 2.99. The zero-order valence-electron chi connectivity index (χ0n) is 16.5. The van der Waals surface area contributed by atoms with Crippen molar-refractivity contribution in [3.8, 4) is 12.3 Å². The molecule has 3 saturated carbocycles. The lowest BCUT2D eigenvalue weighted by Gasteiger charge is -2.55. The molecule has 0 unspecified atom stereocenters. The van der Waals surface area contributed by atoms with Crippen molar-refractivity contribution in [1.82, 2.24) is 0 Å². The molecule has 27 heavy (non-hydrogen) atoms. The Morgan fingerprint density at radius 1 is 1.30 bits per heavy atom. The Bertz CT molecular complexity index is 732. The second-order valence-electron chi connectivity index (χ2n) is 9.22. The first-order valence-electron chi connectivity index (χ1n) is 10.6. The molecule has 146 valence electrons. The van der Waals surface area contributed by atoms with Gasteiger partial charge in [0.1, 0.15) is 0 Å². The molecule has 0 bridgehead atoms. The van der Waals surface area contributed by atoms with Crippen molar-refractivity contribution in [3.05, 3.63) is 11.6 Å². The van der Waals surface area contributed by atoms with Gasteiger partial charge in [-0.25, -0.2) is 0 Å². The molecule has 1 N–H and O–H groups in total. The molecule has 0 aliphatic heterocycles. The molecule has 6 atom stereocenters. The van der Waals surface area contributed by atoms with Crippen LogP contribution in [0.25, 0.3) is 0 Å². The molecule has 4 heteroatoms. The Hall–Kier alpha value is -1.76. The minimum Gasteiger partial charge on any atom is -0.445 e. The molecule has 0 spiro atoms. The van der Waals surface area contributed by atoms with E-state index in [0.717, 1.165) is 50.7 Å². The highest BCUT2D eigenvalue weighted by Crippen LogP contribution is 2.65. The number of terminal acetylenes is 1. The maximum absolute atomic E-state index is 12.1. The lowest BCUT2D eigenvalue weighted by molar-refractivity contribution is -0.169. The normalized spacial score (nSPS) is 44.5. The van der Waals surface area contributed by atoms with Crippen LogP contribution in [0.4, 0.5) is 0 Å². The Balaban J connectivity index is 1.61. The van der Waals surface area contributed by atoms with Crippen LogP contribution in [0.15, 0.2) is 16.8 Å². The molecule has 3 fully saturated rings. The van der Waals surface area contributed by atoms with Crippen molar-refractivity contribution in [2.75, 3.05) is 0 Å². The summed E-state index contributed by atoms with van der Waals surface area (Å²) in [4.78, 5) is 12.1. The van der Waals surface area contributed by atoms with Crippen LogP contribution in [0.5, 0.6) is 0 Å². The number of oxime groups is 1. The summed E-state index contributed by atoms with van der Waals surface area (Å²) < 4.78 is 5.95. The van der Waals surface area contributed by atoms with Gasteiger partial charge in [-0.05, 0) is 81.1 Å². The molecule has 4 rings (SSSR count). The third kappa shape index (κ3) is 2.65. The van der Waals surface area contributed by atoms with E-state index in [4.69, 9.17) is 16.4 Å². The maximum Gasteiger partial charge on any atom is 0.307 e. The van der Waals surface area contributed by atoms with E-state index < -0.39 is 5.60 Å². The lowest BCUT2D eigenvalue weighted by Crippen LogP contribution is -2.53. The van der Waals surface area contributed by atoms with Crippen LogP contribution in [-0.2, 0) is 9.53 Å². The fourth-order valence-corrected chi connectivity index (χ4v) is 6.97. The van der Waals surface area contributed by atoms with E-state index in [1.807, 2.05) is 6.92 Å². The van der Waals surface area contributed by atoms with Gasteiger partial charge in [0.05, 0.1) is 5.71 Å². The van der Waals surface area contributed by atoms with E-state index in [2.05, 4.69) is 24.1 Å². The fourth-order valence-electron chi connectivity index (χ4n) is 6.97. The van der Waals surface area contributed by atoms with Gasteiger partial charge in [-0.2, -0.15) is 0 Å². The molecule has 0 radical (unpaired) electrons. The molecule has 0 aromatic rings. The molecule has 4 aliphatic rings. The summed E-state index contributed by atoms with van der Waals surface area (Å²) in [6.07, 6.45) is 16.8. The Morgan fingerprint density at radius 2 is 2.11 bits per heavy atom. The summed E-state index contributed by atoms with van der Waals surface area (Å²) >= 11 is 0. The zero-order valence-corrected chi connectivity index (χ0v) is 16.5. The first-order valence-corrected chi connectivity index (χ1v) is 10.6. The zero-order chi connectivity index (χ0) is 19.2. The van der Waals surface area contributed by atoms with Gasteiger partial charge in [-0.1, -0.05) is 30.5 Å². The predicted molar refractivity (Wildman–Crippen MR) is 104 cm³/mol. The fraction of sp³-hybridized carbons (Fsp3) is 0.739. The number of allylic oxidation sites excluding steroid dienone is 2. The number of ether oxygens (including phenoxy) is 1. The number of nitrogens with zero attached hydrogens (tertiary/aromatic N) is 1. The molecular formula is C23H31NO3. The van der Waals surface area contributed by atoms with Gasteiger partial charge in [-0.3, -0.25) is 4.79 Å². The number of hydrogen-bond acceptors (Lipinski definition) is 4. The van der Waals surface area contributed by atoms with Crippen molar-refractivity contribution in [2.45, 2.75) is 77.2 Å². The van der Waals surface area contributed by atoms with Crippen LogP contribution in [-0.4, -0.2) is 22.5 Å². The minimum atomic E-state index is -0.727. The second-order valence-corrected chi connectivity index (χ2v) is 9.22. The van der Waals surface area contributed by atoms with Crippen molar-refractivity contribution in [3.63, 3.8) is 0 Å². The van der Waals surface area contributed by atoms with Crippen molar-refractivity contribution in [1.29, 1.82) is 0 Å². The first kappa shape index (κ1) is 18.6. The van der Waals surface area contributed by atoms with Gasteiger partial charge in [0, 0.05) is 11.8 Å². The summed E-state index contributed by atoms with van der Waals surface area (Å²) in [5, 5.41) is 12.6. The SMILES string of the molecule is C#C[C@]1(OC(=O)CC)CC[C@H]2[C@@H]3CCC4=CC(=NO)CC[C@@H]4[C@H]3CC[C@@]21C. The van der Waals surface area contributed by atoms with Crippen molar-refractivity contribution >= 4 is 11.7 Å². The number of rotatable bonds is 2. The Kier molecular flexibility index (Phi) is 4.61. The highest BCUT2D eigenvalue weighted by Gasteiger charge is 2.64. The number of carbonyl (C=O) groups excluding carboxylic acids is 1. The van der Waals surface area contributed by atoms with Crippen LogP contribution in [0.1, 0.15) is 71.6 Å². The van der Waals surface area contributed by atoms with E-state index >= 15 is 0 Å². The van der Waals surface area contributed by atoms with Gasteiger partial charge < -0.3 is 9.94 Å². The summed E-state index contributed by atoms with van der Waals surface area (Å²) in [6, 6.07) is 0. The number of esters is 1. The van der Waals surface area contributed by atoms with E-state index in [0.29, 0.717) is 30.1 Å². The number of fused-ring (bicyclic) bond motifs is 5. The van der Waals surface area contributed by atoms with Crippen molar-refractivity contribution < 1.29 is 14.7 Å². The lowest BCUT2D eigenvalue weighted by atomic mass is 9.50. The van der Waals surface area contributed by atoms with E-state index in [9.17, 15) is 4.79 Å². The van der Waals surface area contributed by atoms with Gasteiger partial charge in [-0.15, -0.1) is 6.42 Å². The largest absolute Gasteiger partial charge is 0.445 e. The number of hydrogen-bond donors (Lipinski definition) is 1. The van der Waals surface area contributed by atoms with E-state index in [-0.39, 0.29) is 11.4 Å². The third-order valence-corrected chi connectivity index (χ3v) is 8.37. The monoisotopic (exact) mass is 369 g/mol. The number of carbonyl (C=O) groups is 1. The van der Waals surface area contributed by atoms with Crippen LogP contribution < -0.4 is 0 Å². The van der Waals surface area contributed by atoms with Crippen molar-refractivity contribution in [2.24, 2.45) is 34.2 Å². The summed E-state index contributed by atoms with van der Waals surface area (Å²) in [5.74, 6) is 5.29. The maximum atomic E-state index is 12.1. The molecule has 4 nitrogen and oxygen atoms in total. The van der Waals surface area contributed by atoms with Gasteiger partial charge in [0.25, 0.3) is 0 Å². The van der Waals surface area contributed by atoms with Crippen LogP contribution in [0, 0.1) is 41.4 Å². The van der Waals surface area contributed by atoms with E-state index in [1.54, 1.807) is 0 Å².